The number of hydrogen-bond acceptors (Lipinski definition) is 9. The number of alkyl halides is 3. The van der Waals surface area contributed by atoms with Crippen LogP contribution in [0.15, 0.2) is 22.1 Å². The largest absolute Gasteiger partial charge is 0.573 e. The Bertz CT molecular complexity index is 1350. The molecule has 3 aliphatic heterocycles. The standard InChI is InChI=1S/C24H25F3N4O5S/c1-22(2,3)36-21(32)31-12-8-13(31)11-30(10-12)20-29-16-17(34-20)14(19-28-6-7-37-19)9-15(23(33)4-5-23)18(16)35-24(25,26)27/h6-7,9,12-13,33H,4-5,8,10-11H2,1-3H3. The van der Waals surface area contributed by atoms with Gasteiger partial charge in [-0.15, -0.1) is 24.5 Å². The molecule has 4 aliphatic rings. The lowest BCUT2D eigenvalue weighted by molar-refractivity contribution is -0.274. The van der Waals surface area contributed by atoms with Crippen LogP contribution in [0.1, 0.15) is 45.6 Å². The number of nitrogens with zero attached hydrogens (tertiary/aromatic N) is 4. The third kappa shape index (κ3) is 4.37. The third-order valence-electron chi connectivity index (χ3n) is 6.78. The molecule has 1 aliphatic carbocycles. The molecule has 3 aromatic rings. The van der Waals surface area contributed by atoms with Crippen molar-refractivity contribution in [3.8, 4) is 16.3 Å². The molecule has 2 aromatic heterocycles. The Morgan fingerprint density at radius 3 is 2.51 bits per heavy atom. The van der Waals surface area contributed by atoms with Gasteiger partial charge in [0.2, 0.25) is 0 Å². The normalized spacial score (nSPS) is 22.7. The molecule has 2 unspecified atom stereocenters. The lowest BCUT2D eigenvalue weighted by Gasteiger charge is -2.55. The first-order chi connectivity index (χ1) is 17.3. The minimum Gasteiger partial charge on any atom is -0.444 e. The predicted molar refractivity (Wildman–Crippen MR) is 127 cm³/mol. The van der Waals surface area contributed by atoms with Crippen molar-refractivity contribution in [3.05, 3.63) is 23.2 Å². The molecule has 37 heavy (non-hydrogen) atoms. The fourth-order valence-electron chi connectivity index (χ4n) is 5.03. The van der Waals surface area contributed by atoms with E-state index in [0.29, 0.717) is 36.5 Å². The van der Waals surface area contributed by atoms with E-state index in [4.69, 9.17) is 9.15 Å². The lowest BCUT2D eigenvalue weighted by Crippen LogP contribution is -2.70. The summed E-state index contributed by atoms with van der Waals surface area (Å²) in [7, 11) is 0. The molecule has 198 valence electrons. The highest BCUT2D eigenvalue weighted by Gasteiger charge is 2.51. The van der Waals surface area contributed by atoms with E-state index in [-0.39, 0.29) is 40.9 Å². The van der Waals surface area contributed by atoms with Gasteiger partial charge in [0, 0.05) is 30.2 Å². The average Bonchev–Trinajstić information content (AvgIpc) is 3.17. The Morgan fingerprint density at radius 2 is 1.95 bits per heavy atom. The predicted octanol–water partition coefficient (Wildman–Crippen LogP) is 5.03. The molecule has 3 saturated heterocycles. The van der Waals surface area contributed by atoms with Crippen LogP contribution in [0.2, 0.25) is 0 Å². The van der Waals surface area contributed by atoms with Crippen molar-refractivity contribution in [1.29, 1.82) is 0 Å². The number of benzene rings is 1. The molecule has 2 atom stereocenters. The van der Waals surface area contributed by atoms with Gasteiger partial charge in [-0.2, -0.15) is 4.98 Å². The van der Waals surface area contributed by atoms with E-state index in [1.54, 1.807) is 37.2 Å². The van der Waals surface area contributed by atoms with Crippen LogP contribution >= 0.6 is 11.3 Å². The van der Waals surface area contributed by atoms with Crippen molar-refractivity contribution in [2.24, 2.45) is 0 Å². The number of carbonyl (C=O) groups is 1. The second-order valence-corrected chi connectivity index (χ2v) is 11.6. The molecule has 1 N–H and O–H groups in total. The molecule has 0 radical (unpaired) electrons. The minimum absolute atomic E-state index is 0.0139. The number of ether oxygens (including phenoxy) is 2. The van der Waals surface area contributed by atoms with Crippen molar-refractivity contribution in [3.63, 3.8) is 0 Å². The molecular formula is C24H25F3N4O5S. The second kappa shape index (κ2) is 7.97. The van der Waals surface area contributed by atoms with Gasteiger partial charge < -0.3 is 23.9 Å². The number of piperazine rings is 1. The number of oxazole rings is 1. The lowest BCUT2D eigenvalue weighted by atomic mass is 9.88. The van der Waals surface area contributed by atoms with E-state index < -0.39 is 23.3 Å². The van der Waals surface area contributed by atoms with Crippen molar-refractivity contribution < 1.29 is 37.0 Å². The summed E-state index contributed by atoms with van der Waals surface area (Å²) < 4.78 is 56.4. The topological polar surface area (TPSA) is 101 Å². The van der Waals surface area contributed by atoms with E-state index in [1.165, 1.54) is 17.4 Å². The van der Waals surface area contributed by atoms with Crippen LogP contribution < -0.4 is 9.64 Å². The first-order valence-electron chi connectivity index (χ1n) is 11.9. The summed E-state index contributed by atoms with van der Waals surface area (Å²) >= 11 is 1.29. The van der Waals surface area contributed by atoms with Crippen molar-refractivity contribution in [1.82, 2.24) is 14.9 Å². The molecule has 1 amide bonds. The maximum absolute atomic E-state index is 13.5. The summed E-state index contributed by atoms with van der Waals surface area (Å²) in [4.78, 5) is 24.9. The van der Waals surface area contributed by atoms with Gasteiger partial charge in [0.15, 0.2) is 16.8 Å². The monoisotopic (exact) mass is 538 g/mol. The number of carbonyl (C=O) groups excluding carboxylic acids is 1. The maximum atomic E-state index is 13.5. The number of thiazole rings is 1. The Morgan fingerprint density at radius 1 is 1.24 bits per heavy atom. The number of anilines is 1. The molecule has 9 nitrogen and oxygen atoms in total. The first kappa shape index (κ1) is 24.3. The van der Waals surface area contributed by atoms with Gasteiger partial charge in [0.1, 0.15) is 10.6 Å². The minimum atomic E-state index is -4.99. The van der Waals surface area contributed by atoms with E-state index in [0.717, 1.165) is 6.42 Å². The van der Waals surface area contributed by atoms with Gasteiger partial charge in [0.25, 0.3) is 6.01 Å². The fraction of sp³-hybridized carbons (Fsp3) is 0.542. The molecule has 7 rings (SSSR count). The van der Waals surface area contributed by atoms with Crippen molar-refractivity contribution >= 4 is 34.5 Å². The molecule has 4 fully saturated rings. The SMILES string of the molecule is CC(C)(C)OC(=O)N1C2CC1CN(c1nc3c(OC(F)(F)F)c(C4(O)CC4)cc(-c4nccs4)c3o1)C2. The summed E-state index contributed by atoms with van der Waals surface area (Å²) in [6.07, 6.45) is -2.39. The molecule has 0 spiro atoms. The number of hydrogen-bond donors (Lipinski definition) is 1. The van der Waals surface area contributed by atoms with Gasteiger partial charge in [-0.05, 0) is 46.1 Å². The van der Waals surface area contributed by atoms with Gasteiger partial charge in [-0.1, -0.05) is 0 Å². The van der Waals surface area contributed by atoms with Crippen LogP contribution in [0.4, 0.5) is 24.0 Å². The Balaban J connectivity index is 1.39. The number of piperidine rings is 1. The van der Waals surface area contributed by atoms with Crippen LogP contribution in [0.25, 0.3) is 21.7 Å². The first-order valence-corrected chi connectivity index (χ1v) is 12.8. The summed E-state index contributed by atoms with van der Waals surface area (Å²) in [6, 6.07) is 1.33. The van der Waals surface area contributed by atoms with Crippen LogP contribution in [-0.2, 0) is 10.3 Å². The Labute approximate surface area is 213 Å². The van der Waals surface area contributed by atoms with Crippen LogP contribution in [-0.4, -0.2) is 63.2 Å². The van der Waals surface area contributed by atoms with Gasteiger partial charge in [-0.25, -0.2) is 9.78 Å². The molecule has 1 aromatic carbocycles. The zero-order chi connectivity index (χ0) is 26.3. The van der Waals surface area contributed by atoms with Crippen LogP contribution in [0.3, 0.4) is 0 Å². The maximum Gasteiger partial charge on any atom is 0.573 e. The molecule has 2 bridgehead atoms. The molecule has 13 heteroatoms. The molecular weight excluding hydrogens is 513 g/mol. The van der Waals surface area contributed by atoms with Crippen LogP contribution in [0, 0.1) is 0 Å². The fourth-order valence-corrected chi connectivity index (χ4v) is 5.68. The number of fused-ring (bicyclic) bond motifs is 3. The van der Waals surface area contributed by atoms with E-state index >= 15 is 0 Å². The summed E-state index contributed by atoms with van der Waals surface area (Å²) in [5.41, 5.74) is -1.63. The number of rotatable bonds is 4. The summed E-state index contributed by atoms with van der Waals surface area (Å²) in [5, 5.41) is 13.1. The highest BCUT2D eigenvalue weighted by molar-refractivity contribution is 7.13. The number of halogens is 3. The zero-order valence-electron chi connectivity index (χ0n) is 20.3. The highest BCUT2D eigenvalue weighted by atomic mass is 32.1. The average molecular weight is 539 g/mol. The zero-order valence-corrected chi connectivity index (χ0v) is 21.1. The number of amides is 1. The highest BCUT2D eigenvalue weighted by Crippen LogP contribution is 2.53. The Hall–Kier alpha value is -3.06. The van der Waals surface area contributed by atoms with Gasteiger partial charge >= 0.3 is 12.5 Å². The van der Waals surface area contributed by atoms with Crippen molar-refractivity contribution in [2.45, 2.75) is 69.7 Å². The van der Waals surface area contributed by atoms with Crippen molar-refractivity contribution in [2.75, 3.05) is 18.0 Å². The van der Waals surface area contributed by atoms with E-state index in [1.807, 2.05) is 4.90 Å². The van der Waals surface area contributed by atoms with Gasteiger partial charge in [-0.3, -0.25) is 4.90 Å². The quantitative estimate of drug-likeness (QED) is 0.494. The van der Waals surface area contributed by atoms with Crippen LogP contribution in [0.5, 0.6) is 5.75 Å². The smallest absolute Gasteiger partial charge is 0.444 e. The van der Waals surface area contributed by atoms with E-state index in [2.05, 4.69) is 14.7 Å². The summed E-state index contributed by atoms with van der Waals surface area (Å²) in [5.74, 6) is -0.560. The third-order valence-corrected chi connectivity index (χ3v) is 7.59. The molecule has 1 saturated carbocycles. The number of aromatic nitrogens is 2. The summed E-state index contributed by atoms with van der Waals surface area (Å²) in [6.45, 7) is 6.19. The van der Waals surface area contributed by atoms with E-state index in [9.17, 15) is 23.1 Å². The van der Waals surface area contributed by atoms with Gasteiger partial charge in [0.05, 0.1) is 23.2 Å². The number of aliphatic hydroxyl groups is 1. The Kier molecular flexibility index (Phi) is 5.23. The molecule has 5 heterocycles. The second-order valence-electron chi connectivity index (χ2n) is 10.7.